The van der Waals surface area contributed by atoms with Crippen LogP contribution in [0.15, 0.2) is 36.4 Å². The largest absolute Gasteiger partial charge is 0.508 e. The third-order valence-electron chi connectivity index (χ3n) is 5.88. The minimum Gasteiger partial charge on any atom is -0.508 e. The molecule has 3 heterocycles. The minimum atomic E-state index is -0.830. The van der Waals surface area contributed by atoms with Crippen molar-refractivity contribution < 1.29 is 19.4 Å². The van der Waals surface area contributed by atoms with E-state index in [1.807, 2.05) is 42.2 Å². The van der Waals surface area contributed by atoms with Gasteiger partial charge in [0.25, 0.3) is 0 Å². The Morgan fingerprint density at radius 1 is 1.27 bits per heavy atom. The molecule has 5 heteroatoms. The number of hydrogen-bond donors (Lipinski definition) is 1. The van der Waals surface area contributed by atoms with Gasteiger partial charge in [-0.3, -0.25) is 4.79 Å². The van der Waals surface area contributed by atoms with Crippen LogP contribution in [0.5, 0.6) is 11.5 Å². The molecule has 0 aromatic heterocycles. The van der Waals surface area contributed by atoms with E-state index < -0.39 is 5.41 Å². The first-order valence-electron chi connectivity index (χ1n) is 9.11. The minimum absolute atomic E-state index is 0.0399. The van der Waals surface area contributed by atoms with Gasteiger partial charge in [0.05, 0.1) is 12.6 Å². The number of para-hydroxylation sites is 1. The molecule has 0 radical (unpaired) electrons. The second-order valence-electron chi connectivity index (χ2n) is 7.40. The lowest BCUT2D eigenvalue weighted by Crippen LogP contribution is -2.45. The second-order valence-corrected chi connectivity index (χ2v) is 7.40. The van der Waals surface area contributed by atoms with Gasteiger partial charge in [-0.25, -0.2) is 0 Å². The molecule has 2 aromatic rings. The average molecular weight is 351 g/mol. The molecule has 5 nitrogen and oxygen atoms in total. The zero-order valence-corrected chi connectivity index (χ0v) is 14.7. The van der Waals surface area contributed by atoms with Gasteiger partial charge in [-0.15, -0.1) is 0 Å². The lowest BCUT2D eigenvalue weighted by Gasteiger charge is -2.25. The van der Waals surface area contributed by atoms with Gasteiger partial charge in [-0.2, -0.15) is 0 Å². The van der Waals surface area contributed by atoms with Gasteiger partial charge < -0.3 is 19.5 Å². The predicted molar refractivity (Wildman–Crippen MR) is 96.9 cm³/mol. The normalized spacial score (nSPS) is 26.3. The van der Waals surface area contributed by atoms with E-state index in [0.29, 0.717) is 12.3 Å². The average Bonchev–Trinajstić information content (AvgIpc) is 3.33. The lowest BCUT2D eigenvalue weighted by atomic mass is 9.76. The molecule has 1 spiro atoms. The van der Waals surface area contributed by atoms with E-state index >= 15 is 0 Å². The summed E-state index contributed by atoms with van der Waals surface area (Å²) in [6.45, 7) is 3.45. The number of benzene rings is 2. The van der Waals surface area contributed by atoms with E-state index in [1.165, 1.54) is 0 Å². The van der Waals surface area contributed by atoms with Crippen LogP contribution in [0, 0.1) is 6.92 Å². The summed E-state index contributed by atoms with van der Waals surface area (Å²) in [5.74, 6) is 0.823. The van der Waals surface area contributed by atoms with E-state index in [-0.39, 0.29) is 24.4 Å². The van der Waals surface area contributed by atoms with E-state index in [0.717, 1.165) is 41.8 Å². The molecule has 2 aromatic carbocycles. The Morgan fingerprint density at radius 2 is 2.12 bits per heavy atom. The summed E-state index contributed by atoms with van der Waals surface area (Å²) in [4.78, 5) is 15.5. The number of phenolic OH excluding ortho intramolecular Hbond substituents is 1. The highest BCUT2D eigenvalue weighted by Gasteiger charge is 2.57. The molecular formula is C21H21NO4. The van der Waals surface area contributed by atoms with Crippen LogP contribution < -0.4 is 9.64 Å². The number of carbonyl (C=O) groups excluding carboxylic acids is 1. The topological polar surface area (TPSA) is 59.0 Å². The Kier molecular flexibility index (Phi) is 3.31. The predicted octanol–water partition coefficient (Wildman–Crippen LogP) is 2.90. The monoisotopic (exact) mass is 351 g/mol. The van der Waals surface area contributed by atoms with Crippen LogP contribution in [0.1, 0.15) is 29.5 Å². The van der Waals surface area contributed by atoms with Gasteiger partial charge in [0, 0.05) is 23.9 Å². The highest BCUT2D eigenvalue weighted by Crippen LogP contribution is 2.53. The number of ether oxygens (including phenoxy) is 2. The second kappa shape index (κ2) is 5.48. The SMILES string of the molecule is Cc1cc2c(cc1O)OCC21C(=O)N(C[C@H]2CCCO2)c2ccccc21. The Hall–Kier alpha value is -2.53. The zero-order chi connectivity index (χ0) is 17.9. The number of carbonyl (C=O) groups is 1. The standard InChI is InChI=1S/C21H21NO4/c1-13-9-16-19(10-18(13)23)26-12-21(16)15-6-2-3-7-17(15)22(20(21)24)11-14-5-4-8-25-14/h2-3,6-7,9-10,14,23H,4-5,8,11-12H2,1H3/t14-,21?/m1/s1. The van der Waals surface area contributed by atoms with E-state index in [9.17, 15) is 9.90 Å². The van der Waals surface area contributed by atoms with E-state index in [2.05, 4.69) is 0 Å². The van der Waals surface area contributed by atoms with Crippen molar-refractivity contribution in [3.8, 4) is 11.5 Å². The van der Waals surface area contributed by atoms with E-state index in [1.54, 1.807) is 6.07 Å². The molecular weight excluding hydrogens is 330 g/mol. The fraction of sp³-hybridized carbons (Fsp3) is 0.381. The molecule has 0 aliphatic carbocycles. The van der Waals surface area contributed by atoms with Crippen LogP contribution in [-0.4, -0.2) is 36.9 Å². The molecule has 3 aliphatic rings. The molecule has 0 saturated carbocycles. The number of amides is 1. The number of nitrogens with zero attached hydrogens (tertiary/aromatic N) is 1. The van der Waals surface area contributed by atoms with Gasteiger partial charge >= 0.3 is 0 Å². The maximum absolute atomic E-state index is 13.7. The van der Waals surface area contributed by atoms with Crippen molar-refractivity contribution in [3.63, 3.8) is 0 Å². The molecule has 1 saturated heterocycles. The Labute approximate surface area is 152 Å². The van der Waals surface area contributed by atoms with Gasteiger partial charge in [-0.05, 0) is 43.0 Å². The first-order valence-corrected chi connectivity index (χ1v) is 9.11. The summed E-state index contributed by atoms with van der Waals surface area (Å²) >= 11 is 0. The quantitative estimate of drug-likeness (QED) is 0.904. The van der Waals surface area contributed by atoms with Gasteiger partial charge in [-0.1, -0.05) is 18.2 Å². The molecule has 0 bridgehead atoms. The van der Waals surface area contributed by atoms with Crippen molar-refractivity contribution in [3.05, 3.63) is 53.1 Å². The molecule has 1 fully saturated rings. The molecule has 2 atom stereocenters. The van der Waals surface area contributed by atoms with Crippen molar-refractivity contribution in [2.75, 3.05) is 24.7 Å². The summed E-state index contributed by atoms with van der Waals surface area (Å²) < 4.78 is 11.7. The highest BCUT2D eigenvalue weighted by atomic mass is 16.5. The van der Waals surface area contributed by atoms with Crippen LogP contribution in [0.3, 0.4) is 0 Å². The number of hydrogen-bond acceptors (Lipinski definition) is 4. The third kappa shape index (κ3) is 1.98. The first-order chi connectivity index (χ1) is 12.6. The van der Waals surface area contributed by atoms with Crippen molar-refractivity contribution in [1.29, 1.82) is 0 Å². The molecule has 134 valence electrons. The third-order valence-corrected chi connectivity index (χ3v) is 5.88. The summed E-state index contributed by atoms with van der Waals surface area (Å²) in [5, 5.41) is 10.0. The van der Waals surface area contributed by atoms with E-state index in [4.69, 9.17) is 9.47 Å². The van der Waals surface area contributed by atoms with Crippen molar-refractivity contribution in [2.45, 2.75) is 31.3 Å². The number of anilines is 1. The van der Waals surface area contributed by atoms with Crippen LogP contribution in [0.25, 0.3) is 0 Å². The van der Waals surface area contributed by atoms with Gasteiger partial charge in [0.2, 0.25) is 5.91 Å². The number of aromatic hydroxyl groups is 1. The number of phenols is 1. The molecule has 5 rings (SSSR count). The summed E-state index contributed by atoms with van der Waals surface area (Å²) in [6.07, 6.45) is 2.12. The van der Waals surface area contributed by atoms with Crippen LogP contribution >= 0.6 is 0 Å². The number of aryl methyl sites for hydroxylation is 1. The Bertz CT molecular complexity index is 903. The van der Waals surface area contributed by atoms with Crippen molar-refractivity contribution in [1.82, 2.24) is 0 Å². The van der Waals surface area contributed by atoms with Crippen molar-refractivity contribution >= 4 is 11.6 Å². The Balaban J connectivity index is 1.65. The molecule has 1 N–H and O–H groups in total. The highest BCUT2D eigenvalue weighted by molar-refractivity contribution is 6.11. The van der Waals surface area contributed by atoms with Gasteiger partial charge in [0.1, 0.15) is 23.5 Å². The van der Waals surface area contributed by atoms with Gasteiger partial charge in [0.15, 0.2) is 0 Å². The molecule has 1 unspecified atom stereocenters. The summed E-state index contributed by atoms with van der Waals surface area (Å²) in [5.41, 5.74) is 2.68. The zero-order valence-electron chi connectivity index (χ0n) is 14.7. The summed E-state index contributed by atoms with van der Waals surface area (Å²) in [6, 6.07) is 11.5. The maximum atomic E-state index is 13.7. The smallest absolute Gasteiger partial charge is 0.245 e. The van der Waals surface area contributed by atoms with Crippen LogP contribution in [-0.2, 0) is 14.9 Å². The molecule has 1 amide bonds. The van der Waals surface area contributed by atoms with Crippen LogP contribution in [0.4, 0.5) is 5.69 Å². The maximum Gasteiger partial charge on any atom is 0.245 e. The van der Waals surface area contributed by atoms with Crippen LogP contribution in [0.2, 0.25) is 0 Å². The first kappa shape index (κ1) is 15.7. The fourth-order valence-electron chi connectivity index (χ4n) is 4.49. The number of rotatable bonds is 2. The number of fused-ring (bicyclic) bond motifs is 4. The van der Waals surface area contributed by atoms with Crippen molar-refractivity contribution in [2.24, 2.45) is 0 Å². The molecule has 26 heavy (non-hydrogen) atoms. The molecule has 3 aliphatic heterocycles. The Morgan fingerprint density at radius 3 is 2.92 bits per heavy atom. The lowest BCUT2D eigenvalue weighted by molar-refractivity contribution is -0.122. The summed E-state index contributed by atoms with van der Waals surface area (Å²) in [7, 11) is 0. The fourth-order valence-corrected chi connectivity index (χ4v) is 4.49.